The lowest BCUT2D eigenvalue weighted by Gasteiger charge is -2.10. The zero-order valence-electron chi connectivity index (χ0n) is 10.9. The Morgan fingerprint density at radius 2 is 1.50 bits per heavy atom. The molecule has 94 valence electrons. The van der Waals surface area contributed by atoms with Gasteiger partial charge in [-0.25, -0.2) is 0 Å². The lowest BCUT2D eigenvalue weighted by molar-refractivity contribution is 0.187. The van der Waals surface area contributed by atoms with Gasteiger partial charge in [-0.2, -0.15) is 0 Å². The third kappa shape index (κ3) is 2.78. The summed E-state index contributed by atoms with van der Waals surface area (Å²) in [6.07, 6.45) is -0.571. The van der Waals surface area contributed by atoms with Crippen LogP contribution in [0.25, 0.3) is 11.1 Å². The Hall–Kier alpha value is -1.64. The van der Waals surface area contributed by atoms with Crippen LogP contribution in [0, 0.1) is 13.8 Å². The molecule has 0 bridgehead atoms. The smallest absolute Gasteiger partial charge is 0.0912 e. The average molecular weight is 241 g/mol. The summed E-state index contributed by atoms with van der Waals surface area (Å²) < 4.78 is 0. The summed E-state index contributed by atoms with van der Waals surface area (Å²) in [7, 11) is 0. The van der Waals surface area contributed by atoms with Crippen LogP contribution in [0.3, 0.4) is 0 Å². The lowest BCUT2D eigenvalue weighted by atomic mass is 9.99. The summed E-state index contributed by atoms with van der Waals surface area (Å²) in [6.45, 7) is 4.45. The molecule has 0 aliphatic rings. The second kappa shape index (κ2) is 5.34. The van der Waals surface area contributed by atoms with Gasteiger partial charge in [0.15, 0.2) is 0 Å². The van der Waals surface area contributed by atoms with Gasteiger partial charge in [0, 0.05) is 6.54 Å². The van der Waals surface area contributed by atoms with Gasteiger partial charge in [0.1, 0.15) is 0 Å². The van der Waals surface area contributed by atoms with Crippen molar-refractivity contribution in [3.8, 4) is 11.1 Å². The fraction of sp³-hybridized carbons (Fsp3) is 0.250. The summed E-state index contributed by atoms with van der Waals surface area (Å²) in [4.78, 5) is 0. The van der Waals surface area contributed by atoms with Crippen molar-refractivity contribution in [2.75, 3.05) is 6.54 Å². The molecular weight excluding hydrogens is 222 g/mol. The molecule has 0 saturated carbocycles. The van der Waals surface area contributed by atoms with Gasteiger partial charge in [0.2, 0.25) is 0 Å². The molecule has 0 saturated heterocycles. The second-order valence-electron chi connectivity index (χ2n) is 4.75. The second-order valence-corrected chi connectivity index (χ2v) is 4.75. The van der Waals surface area contributed by atoms with Crippen LogP contribution in [-0.2, 0) is 0 Å². The quantitative estimate of drug-likeness (QED) is 0.867. The number of aliphatic hydroxyl groups is 1. The molecule has 2 heteroatoms. The molecule has 0 heterocycles. The molecule has 0 spiro atoms. The molecule has 0 radical (unpaired) electrons. The Morgan fingerprint density at radius 1 is 0.944 bits per heavy atom. The maximum atomic E-state index is 9.65. The van der Waals surface area contributed by atoms with Crippen molar-refractivity contribution in [1.29, 1.82) is 0 Å². The lowest BCUT2D eigenvalue weighted by Crippen LogP contribution is -2.11. The van der Waals surface area contributed by atoms with Crippen molar-refractivity contribution in [1.82, 2.24) is 0 Å². The molecule has 0 fully saturated rings. The van der Waals surface area contributed by atoms with Crippen molar-refractivity contribution in [3.63, 3.8) is 0 Å². The van der Waals surface area contributed by atoms with Crippen LogP contribution >= 0.6 is 0 Å². The molecule has 0 aliphatic heterocycles. The van der Waals surface area contributed by atoms with E-state index < -0.39 is 6.10 Å². The zero-order valence-corrected chi connectivity index (χ0v) is 10.9. The van der Waals surface area contributed by atoms with E-state index in [0.717, 1.165) is 11.1 Å². The van der Waals surface area contributed by atoms with Crippen LogP contribution in [-0.4, -0.2) is 11.7 Å². The van der Waals surface area contributed by atoms with Crippen molar-refractivity contribution in [2.45, 2.75) is 20.0 Å². The van der Waals surface area contributed by atoms with Gasteiger partial charge < -0.3 is 10.8 Å². The van der Waals surface area contributed by atoms with Crippen LogP contribution < -0.4 is 5.73 Å². The molecule has 18 heavy (non-hydrogen) atoms. The third-order valence-corrected chi connectivity index (χ3v) is 3.07. The van der Waals surface area contributed by atoms with Crippen molar-refractivity contribution in [2.24, 2.45) is 5.73 Å². The van der Waals surface area contributed by atoms with Crippen LogP contribution in [0.4, 0.5) is 0 Å². The van der Waals surface area contributed by atoms with Gasteiger partial charge in [0.25, 0.3) is 0 Å². The Labute approximate surface area is 108 Å². The number of aliphatic hydroxyl groups excluding tert-OH is 1. The third-order valence-electron chi connectivity index (χ3n) is 3.07. The van der Waals surface area contributed by atoms with E-state index >= 15 is 0 Å². The van der Waals surface area contributed by atoms with E-state index in [-0.39, 0.29) is 6.54 Å². The monoisotopic (exact) mass is 241 g/mol. The average Bonchev–Trinajstić information content (AvgIpc) is 2.37. The summed E-state index contributed by atoms with van der Waals surface area (Å²) in [6, 6.07) is 14.4. The van der Waals surface area contributed by atoms with Crippen molar-refractivity contribution >= 4 is 0 Å². The van der Waals surface area contributed by atoms with Crippen molar-refractivity contribution in [3.05, 3.63) is 59.2 Å². The van der Waals surface area contributed by atoms with Gasteiger partial charge in [0.05, 0.1) is 6.10 Å². The highest BCUT2D eigenvalue weighted by Crippen LogP contribution is 2.24. The van der Waals surface area contributed by atoms with Crippen molar-refractivity contribution < 1.29 is 5.11 Å². The molecule has 2 aromatic rings. The van der Waals surface area contributed by atoms with Gasteiger partial charge in [-0.05, 0) is 30.5 Å². The Balaban J connectivity index is 2.34. The highest BCUT2D eigenvalue weighted by molar-refractivity contribution is 5.65. The summed E-state index contributed by atoms with van der Waals surface area (Å²) in [5.41, 5.74) is 11.2. The Kier molecular flexibility index (Phi) is 3.80. The molecule has 2 nitrogen and oxygen atoms in total. The first-order valence-corrected chi connectivity index (χ1v) is 6.17. The van der Waals surface area contributed by atoms with E-state index in [9.17, 15) is 5.11 Å². The highest BCUT2D eigenvalue weighted by Gasteiger charge is 2.05. The van der Waals surface area contributed by atoms with E-state index in [2.05, 4.69) is 32.0 Å². The molecule has 2 rings (SSSR count). The first kappa shape index (κ1) is 12.8. The van der Waals surface area contributed by atoms with Crippen LogP contribution in [0.1, 0.15) is 22.8 Å². The molecular formula is C16H19NO. The zero-order chi connectivity index (χ0) is 13.1. The highest BCUT2D eigenvalue weighted by atomic mass is 16.3. The standard InChI is InChI=1S/C16H19NO/c1-11-7-12(2)9-15(8-11)13-3-5-14(6-4-13)16(18)10-17/h3-9,16,18H,10,17H2,1-2H3. The summed E-state index contributed by atoms with van der Waals surface area (Å²) >= 11 is 0. The van der Waals surface area contributed by atoms with E-state index in [1.165, 1.54) is 16.7 Å². The first-order valence-electron chi connectivity index (χ1n) is 6.17. The SMILES string of the molecule is Cc1cc(C)cc(-c2ccc(C(O)CN)cc2)c1. The predicted molar refractivity (Wildman–Crippen MR) is 75.4 cm³/mol. The summed E-state index contributed by atoms with van der Waals surface area (Å²) in [5.74, 6) is 0. The van der Waals surface area contributed by atoms with Gasteiger partial charge >= 0.3 is 0 Å². The van der Waals surface area contributed by atoms with E-state index in [1.54, 1.807) is 0 Å². The maximum absolute atomic E-state index is 9.65. The largest absolute Gasteiger partial charge is 0.387 e. The number of nitrogens with two attached hydrogens (primary N) is 1. The number of aryl methyl sites for hydroxylation is 2. The fourth-order valence-electron chi connectivity index (χ4n) is 2.18. The fourth-order valence-corrected chi connectivity index (χ4v) is 2.18. The number of rotatable bonds is 3. The van der Waals surface area contributed by atoms with Gasteiger partial charge in [-0.15, -0.1) is 0 Å². The number of hydrogen-bond donors (Lipinski definition) is 2. The minimum atomic E-state index is -0.571. The molecule has 0 amide bonds. The first-order chi connectivity index (χ1) is 8.60. The summed E-state index contributed by atoms with van der Waals surface area (Å²) in [5, 5.41) is 9.65. The molecule has 2 aromatic carbocycles. The van der Waals surface area contributed by atoms with Crippen LogP contribution in [0.15, 0.2) is 42.5 Å². The molecule has 1 atom stereocenters. The number of hydrogen-bond acceptors (Lipinski definition) is 2. The normalized spacial score (nSPS) is 12.4. The van der Waals surface area contributed by atoms with Gasteiger partial charge in [-0.1, -0.05) is 53.6 Å². The Bertz CT molecular complexity index is 511. The van der Waals surface area contributed by atoms with E-state index in [1.807, 2.05) is 24.3 Å². The Morgan fingerprint density at radius 3 is 2.00 bits per heavy atom. The molecule has 0 aromatic heterocycles. The minimum Gasteiger partial charge on any atom is -0.387 e. The number of benzene rings is 2. The van der Waals surface area contributed by atoms with Crippen LogP contribution in [0.5, 0.6) is 0 Å². The molecule has 3 N–H and O–H groups in total. The topological polar surface area (TPSA) is 46.2 Å². The van der Waals surface area contributed by atoms with E-state index in [4.69, 9.17) is 5.73 Å². The molecule has 0 aliphatic carbocycles. The predicted octanol–water partition coefficient (Wildman–Crippen LogP) is 2.96. The van der Waals surface area contributed by atoms with Crippen LogP contribution in [0.2, 0.25) is 0 Å². The maximum Gasteiger partial charge on any atom is 0.0912 e. The van der Waals surface area contributed by atoms with Gasteiger partial charge in [-0.3, -0.25) is 0 Å². The minimum absolute atomic E-state index is 0.253. The van der Waals surface area contributed by atoms with E-state index in [0.29, 0.717) is 0 Å². The molecule has 1 unspecified atom stereocenters.